The van der Waals surface area contributed by atoms with Crippen LogP contribution in [0.2, 0.25) is 0 Å². The smallest absolute Gasteiger partial charge is 0.363 e. The molecule has 0 atom stereocenters. The molecule has 7 nitrogen and oxygen atoms in total. The van der Waals surface area contributed by atoms with E-state index in [4.69, 9.17) is 9.15 Å². The fourth-order valence-electron chi connectivity index (χ4n) is 2.20. The summed E-state index contributed by atoms with van der Waals surface area (Å²) in [6.45, 7) is 3.48. The molecule has 0 saturated heterocycles. The van der Waals surface area contributed by atoms with Crippen molar-refractivity contribution in [2.45, 2.75) is 24.8 Å². The molecule has 0 amide bonds. The lowest BCUT2D eigenvalue weighted by atomic mass is 10.2. The van der Waals surface area contributed by atoms with Gasteiger partial charge in [0.25, 0.3) is 0 Å². The number of hydrogen-bond donors (Lipinski definition) is 1. The third-order valence-corrected chi connectivity index (χ3v) is 4.92. The summed E-state index contributed by atoms with van der Waals surface area (Å²) in [5.41, 5.74) is 0.614. The molecule has 1 aromatic heterocycles. The third-order valence-electron chi connectivity index (χ3n) is 3.25. The van der Waals surface area contributed by atoms with E-state index in [2.05, 4.69) is 9.71 Å². The predicted octanol–water partition coefficient (Wildman–Crippen LogP) is 2.31. The molecule has 3 rings (SSSR count). The van der Waals surface area contributed by atoms with Crippen LogP contribution in [0.15, 0.2) is 62.7 Å². The highest BCUT2D eigenvalue weighted by molar-refractivity contribution is 7.89. The number of cyclic esters (lactones) is 1. The van der Waals surface area contributed by atoms with E-state index in [9.17, 15) is 13.2 Å². The van der Waals surface area contributed by atoms with E-state index in [0.29, 0.717) is 11.3 Å². The average Bonchev–Trinajstić information content (AvgIpc) is 3.17. The fourth-order valence-corrected chi connectivity index (χ4v) is 3.45. The molecule has 0 radical (unpaired) electrons. The molecule has 1 aromatic carbocycles. The first-order valence-corrected chi connectivity index (χ1v) is 9.02. The van der Waals surface area contributed by atoms with Gasteiger partial charge in [-0.25, -0.2) is 22.9 Å². The summed E-state index contributed by atoms with van der Waals surface area (Å²) >= 11 is 0. The van der Waals surface area contributed by atoms with Crippen molar-refractivity contribution in [2.24, 2.45) is 4.99 Å². The minimum atomic E-state index is -3.58. The normalized spacial score (nSPS) is 16.4. The molecule has 2 aromatic rings. The number of esters is 1. The number of sulfonamides is 1. The minimum absolute atomic E-state index is 0.114. The van der Waals surface area contributed by atoms with E-state index in [-0.39, 0.29) is 22.5 Å². The van der Waals surface area contributed by atoms with Crippen molar-refractivity contribution in [3.05, 3.63) is 59.7 Å². The number of carbonyl (C=O) groups is 1. The summed E-state index contributed by atoms with van der Waals surface area (Å²) < 4.78 is 37.0. The average molecular weight is 360 g/mol. The maximum Gasteiger partial charge on any atom is 0.363 e. The molecule has 0 spiro atoms. The van der Waals surface area contributed by atoms with E-state index in [1.54, 1.807) is 26.0 Å². The molecule has 0 saturated carbocycles. The third kappa shape index (κ3) is 3.86. The van der Waals surface area contributed by atoms with E-state index in [1.165, 1.54) is 36.6 Å². The summed E-state index contributed by atoms with van der Waals surface area (Å²) in [7, 11) is -3.58. The van der Waals surface area contributed by atoms with Crippen LogP contribution in [0.25, 0.3) is 6.08 Å². The zero-order valence-electron chi connectivity index (χ0n) is 13.6. The highest BCUT2D eigenvalue weighted by Gasteiger charge is 2.25. The lowest BCUT2D eigenvalue weighted by molar-refractivity contribution is -0.129. The largest absolute Gasteiger partial charge is 0.465 e. The SMILES string of the molecule is CC(C)NS(=O)(=O)c1ccc(C2=N/C(=C/c3ccco3)C(=O)O2)cc1. The van der Waals surface area contributed by atoms with Crippen LogP contribution in [0.5, 0.6) is 0 Å². The number of benzene rings is 1. The summed E-state index contributed by atoms with van der Waals surface area (Å²) in [6.07, 6.45) is 2.96. The topological polar surface area (TPSA) is 98.0 Å². The molecule has 8 heteroatoms. The lowest BCUT2D eigenvalue weighted by Crippen LogP contribution is -2.30. The first kappa shape index (κ1) is 17.1. The molecule has 2 heterocycles. The van der Waals surface area contributed by atoms with Gasteiger partial charge in [-0.05, 0) is 50.2 Å². The molecule has 0 unspecified atom stereocenters. The Morgan fingerprint density at radius 3 is 2.48 bits per heavy atom. The number of carbonyl (C=O) groups excluding carboxylic acids is 1. The van der Waals surface area contributed by atoms with Gasteiger partial charge in [-0.3, -0.25) is 0 Å². The molecule has 0 fully saturated rings. The maximum absolute atomic E-state index is 12.1. The van der Waals surface area contributed by atoms with E-state index in [0.717, 1.165) is 0 Å². The zero-order valence-corrected chi connectivity index (χ0v) is 14.4. The van der Waals surface area contributed by atoms with Crippen LogP contribution in [0, 0.1) is 0 Å². The van der Waals surface area contributed by atoms with Crippen LogP contribution in [0.1, 0.15) is 25.2 Å². The summed E-state index contributed by atoms with van der Waals surface area (Å²) in [5, 5.41) is 0. The first-order chi connectivity index (χ1) is 11.8. The fraction of sp³-hybridized carbons (Fsp3) is 0.176. The van der Waals surface area contributed by atoms with E-state index < -0.39 is 16.0 Å². The Morgan fingerprint density at radius 2 is 1.88 bits per heavy atom. The summed E-state index contributed by atoms with van der Waals surface area (Å²) in [6, 6.07) is 9.12. The molecule has 0 bridgehead atoms. The minimum Gasteiger partial charge on any atom is -0.465 e. The van der Waals surface area contributed by atoms with Crippen molar-refractivity contribution in [3.63, 3.8) is 0 Å². The van der Waals surface area contributed by atoms with Gasteiger partial charge in [-0.2, -0.15) is 0 Å². The molecule has 1 aliphatic rings. The van der Waals surface area contributed by atoms with Gasteiger partial charge in [-0.1, -0.05) is 0 Å². The van der Waals surface area contributed by atoms with Crippen molar-refractivity contribution in [3.8, 4) is 0 Å². The Bertz CT molecular complexity index is 939. The van der Waals surface area contributed by atoms with Gasteiger partial charge in [0, 0.05) is 17.7 Å². The number of hydrogen-bond acceptors (Lipinski definition) is 6. The van der Waals surface area contributed by atoms with Crippen LogP contribution >= 0.6 is 0 Å². The molecule has 1 aliphatic heterocycles. The number of furan rings is 1. The second-order valence-electron chi connectivity index (χ2n) is 5.65. The van der Waals surface area contributed by atoms with Gasteiger partial charge in [0.2, 0.25) is 15.9 Å². The second-order valence-corrected chi connectivity index (χ2v) is 7.37. The highest BCUT2D eigenvalue weighted by atomic mass is 32.2. The molecule has 25 heavy (non-hydrogen) atoms. The van der Waals surface area contributed by atoms with Gasteiger partial charge in [-0.15, -0.1) is 0 Å². The number of nitrogens with zero attached hydrogens (tertiary/aromatic N) is 1. The monoisotopic (exact) mass is 360 g/mol. The molecule has 130 valence electrons. The van der Waals surface area contributed by atoms with Crippen LogP contribution < -0.4 is 4.72 Å². The quantitative estimate of drug-likeness (QED) is 0.652. The standard InChI is InChI=1S/C17H16N2O5S/c1-11(2)19-25(21,22)14-7-5-12(6-8-14)16-18-15(17(20)24-16)10-13-4-3-9-23-13/h3-11,19H,1-2H3/b15-10+. The molecular formula is C17H16N2O5S. The van der Waals surface area contributed by atoms with Crippen molar-refractivity contribution >= 4 is 28.0 Å². The van der Waals surface area contributed by atoms with Crippen molar-refractivity contribution in [1.82, 2.24) is 4.72 Å². The second kappa shape index (κ2) is 6.66. The van der Waals surface area contributed by atoms with Crippen molar-refractivity contribution in [1.29, 1.82) is 0 Å². The van der Waals surface area contributed by atoms with Crippen LogP contribution in [0.3, 0.4) is 0 Å². The zero-order chi connectivity index (χ0) is 18.0. The molecule has 1 N–H and O–H groups in total. The lowest BCUT2D eigenvalue weighted by Gasteiger charge is -2.09. The van der Waals surface area contributed by atoms with E-state index in [1.807, 2.05) is 0 Å². The maximum atomic E-state index is 12.1. The Balaban J connectivity index is 1.85. The van der Waals surface area contributed by atoms with E-state index >= 15 is 0 Å². The van der Waals surface area contributed by atoms with Crippen molar-refractivity contribution in [2.75, 3.05) is 0 Å². The summed E-state index contributed by atoms with van der Waals surface area (Å²) in [4.78, 5) is 16.1. The van der Waals surface area contributed by atoms with Crippen LogP contribution in [-0.4, -0.2) is 26.3 Å². The van der Waals surface area contributed by atoms with Crippen molar-refractivity contribution < 1.29 is 22.4 Å². The number of ether oxygens (including phenoxy) is 1. The Labute approximate surface area is 145 Å². The van der Waals surface area contributed by atoms with Crippen LogP contribution in [0.4, 0.5) is 0 Å². The van der Waals surface area contributed by atoms with Gasteiger partial charge in [0.05, 0.1) is 11.2 Å². The number of aliphatic imine (C=N–C) groups is 1. The Kier molecular flexibility index (Phi) is 4.56. The van der Waals surface area contributed by atoms with Gasteiger partial charge in [0.1, 0.15) is 5.76 Å². The van der Waals surface area contributed by atoms with Gasteiger partial charge < -0.3 is 9.15 Å². The summed E-state index contributed by atoms with van der Waals surface area (Å²) in [5.74, 6) is 0.00583. The first-order valence-electron chi connectivity index (χ1n) is 7.54. The molecular weight excluding hydrogens is 344 g/mol. The van der Waals surface area contributed by atoms with Gasteiger partial charge >= 0.3 is 5.97 Å². The number of rotatable bonds is 5. The molecule has 0 aliphatic carbocycles. The Morgan fingerprint density at radius 1 is 1.16 bits per heavy atom. The van der Waals surface area contributed by atoms with Gasteiger partial charge in [0.15, 0.2) is 5.70 Å². The van der Waals surface area contributed by atoms with Crippen LogP contribution in [-0.2, 0) is 19.6 Å². The highest BCUT2D eigenvalue weighted by Crippen LogP contribution is 2.20. The number of nitrogens with one attached hydrogen (secondary N) is 1. The predicted molar refractivity (Wildman–Crippen MR) is 91.2 cm³/mol. The Hall–Kier alpha value is -2.71.